The maximum Gasteiger partial charge on any atom is 0.0823 e. The van der Waals surface area contributed by atoms with E-state index in [2.05, 4.69) is 10.4 Å². The highest BCUT2D eigenvalue weighted by Gasteiger charge is 2.10. The highest BCUT2D eigenvalue weighted by molar-refractivity contribution is 6.43. The molecule has 0 amide bonds. The zero-order chi connectivity index (χ0) is 12.4. The van der Waals surface area contributed by atoms with Crippen LogP contribution in [0.25, 0.3) is 0 Å². The zero-order valence-electron chi connectivity index (χ0n) is 9.61. The molecule has 1 aromatic heterocycles. The van der Waals surface area contributed by atoms with E-state index >= 15 is 0 Å². The minimum absolute atomic E-state index is 0.125. The van der Waals surface area contributed by atoms with Gasteiger partial charge in [-0.05, 0) is 19.1 Å². The smallest absolute Gasteiger partial charge is 0.0823 e. The molecule has 5 heteroatoms. The molecule has 1 N–H and O–H groups in total. The number of halogens is 2. The lowest BCUT2D eigenvalue weighted by molar-refractivity contribution is 0.765. The number of hydrogen-bond acceptors (Lipinski definition) is 2. The van der Waals surface area contributed by atoms with Crippen molar-refractivity contribution in [2.75, 3.05) is 5.32 Å². The fourth-order valence-electron chi connectivity index (χ4n) is 1.60. The average molecular weight is 270 g/mol. The Labute approximate surface area is 110 Å². The highest BCUT2D eigenvalue weighted by Crippen LogP contribution is 2.31. The third kappa shape index (κ3) is 2.73. The Morgan fingerprint density at radius 2 is 2.12 bits per heavy atom. The molecule has 0 saturated carbocycles. The second-order valence-electron chi connectivity index (χ2n) is 3.91. The van der Waals surface area contributed by atoms with Crippen molar-refractivity contribution < 1.29 is 0 Å². The van der Waals surface area contributed by atoms with E-state index in [4.69, 9.17) is 23.2 Å². The number of aromatic nitrogens is 2. The first-order chi connectivity index (χ1) is 8.08. The van der Waals surface area contributed by atoms with Gasteiger partial charge in [0, 0.05) is 18.8 Å². The van der Waals surface area contributed by atoms with E-state index in [1.165, 1.54) is 0 Å². The monoisotopic (exact) mass is 269 g/mol. The van der Waals surface area contributed by atoms with Crippen LogP contribution in [-0.2, 0) is 7.05 Å². The first-order valence-corrected chi connectivity index (χ1v) is 6.02. The van der Waals surface area contributed by atoms with Crippen molar-refractivity contribution in [3.8, 4) is 0 Å². The summed E-state index contributed by atoms with van der Waals surface area (Å²) in [6.07, 6.45) is 3.80. The number of benzene rings is 1. The molecule has 1 aromatic carbocycles. The molecular formula is C12H13Cl2N3. The molecule has 2 aromatic rings. The van der Waals surface area contributed by atoms with Crippen LogP contribution in [0.4, 0.5) is 5.69 Å². The molecule has 0 saturated heterocycles. The quantitative estimate of drug-likeness (QED) is 0.916. The van der Waals surface area contributed by atoms with Gasteiger partial charge in [0.25, 0.3) is 0 Å². The minimum Gasteiger partial charge on any atom is -0.377 e. The summed E-state index contributed by atoms with van der Waals surface area (Å²) in [6, 6.07) is 5.66. The van der Waals surface area contributed by atoms with Crippen LogP contribution in [-0.4, -0.2) is 9.78 Å². The Morgan fingerprint density at radius 3 is 2.76 bits per heavy atom. The van der Waals surface area contributed by atoms with Crippen LogP contribution in [0.1, 0.15) is 18.5 Å². The largest absolute Gasteiger partial charge is 0.377 e. The van der Waals surface area contributed by atoms with Crippen molar-refractivity contribution in [1.29, 1.82) is 0 Å². The van der Waals surface area contributed by atoms with E-state index in [9.17, 15) is 0 Å². The summed E-state index contributed by atoms with van der Waals surface area (Å²) in [5.74, 6) is 0. The summed E-state index contributed by atoms with van der Waals surface area (Å²) in [5, 5.41) is 8.54. The Bertz CT molecular complexity index is 522. The standard InChI is InChI=1S/C12H13Cl2N3/c1-8(9-6-15-17(2)7-9)16-11-5-3-4-10(13)12(11)14/h3-8,16H,1-2H3. The lowest BCUT2D eigenvalue weighted by Gasteiger charge is -2.15. The molecule has 17 heavy (non-hydrogen) atoms. The summed E-state index contributed by atoms with van der Waals surface area (Å²) < 4.78 is 1.77. The predicted octanol–water partition coefficient (Wildman–Crippen LogP) is 3.90. The number of hydrogen-bond donors (Lipinski definition) is 1. The van der Waals surface area contributed by atoms with Gasteiger partial charge in [0.15, 0.2) is 0 Å². The molecular weight excluding hydrogens is 257 g/mol. The van der Waals surface area contributed by atoms with Gasteiger partial charge in [0.2, 0.25) is 0 Å². The Hall–Kier alpha value is -1.19. The molecule has 1 atom stereocenters. The van der Waals surface area contributed by atoms with Crippen LogP contribution >= 0.6 is 23.2 Å². The fraction of sp³-hybridized carbons (Fsp3) is 0.250. The van der Waals surface area contributed by atoms with Crippen molar-refractivity contribution in [2.45, 2.75) is 13.0 Å². The van der Waals surface area contributed by atoms with Crippen molar-refractivity contribution in [2.24, 2.45) is 7.05 Å². The molecule has 0 fully saturated rings. The Balaban J connectivity index is 2.18. The third-order valence-corrected chi connectivity index (χ3v) is 3.37. The SMILES string of the molecule is CC(Nc1cccc(Cl)c1Cl)c1cnn(C)c1. The maximum atomic E-state index is 6.11. The van der Waals surface area contributed by atoms with Crippen LogP contribution in [0, 0.1) is 0 Å². The van der Waals surface area contributed by atoms with E-state index in [0.717, 1.165) is 11.3 Å². The molecule has 1 unspecified atom stereocenters. The molecule has 90 valence electrons. The lowest BCUT2D eigenvalue weighted by atomic mass is 10.2. The molecule has 0 aliphatic heterocycles. The number of rotatable bonds is 3. The normalized spacial score (nSPS) is 12.5. The first-order valence-electron chi connectivity index (χ1n) is 5.27. The summed E-state index contributed by atoms with van der Waals surface area (Å²) in [6.45, 7) is 2.05. The molecule has 0 spiro atoms. The van der Waals surface area contributed by atoms with E-state index in [0.29, 0.717) is 10.0 Å². The van der Waals surface area contributed by atoms with Gasteiger partial charge in [-0.2, -0.15) is 5.10 Å². The van der Waals surface area contributed by atoms with E-state index in [-0.39, 0.29) is 6.04 Å². The summed E-state index contributed by atoms with van der Waals surface area (Å²) in [4.78, 5) is 0. The van der Waals surface area contributed by atoms with Gasteiger partial charge in [-0.15, -0.1) is 0 Å². The van der Waals surface area contributed by atoms with Crippen LogP contribution in [0.15, 0.2) is 30.6 Å². The number of nitrogens with zero attached hydrogens (tertiary/aromatic N) is 2. The van der Waals surface area contributed by atoms with Crippen molar-refractivity contribution in [3.63, 3.8) is 0 Å². The number of aryl methyl sites for hydroxylation is 1. The Kier molecular flexibility index (Phi) is 3.60. The van der Waals surface area contributed by atoms with Gasteiger partial charge >= 0.3 is 0 Å². The van der Waals surface area contributed by atoms with Gasteiger partial charge in [-0.25, -0.2) is 0 Å². The Morgan fingerprint density at radius 1 is 1.35 bits per heavy atom. The van der Waals surface area contributed by atoms with Gasteiger partial charge in [0.1, 0.15) is 0 Å². The van der Waals surface area contributed by atoms with E-state index in [1.807, 2.05) is 38.5 Å². The first kappa shape index (κ1) is 12.3. The summed E-state index contributed by atoms with van der Waals surface area (Å²) in [7, 11) is 1.89. The molecule has 0 aliphatic carbocycles. The second kappa shape index (κ2) is 4.98. The van der Waals surface area contributed by atoms with Gasteiger partial charge in [-0.1, -0.05) is 29.3 Å². The number of nitrogens with one attached hydrogen (secondary N) is 1. The third-order valence-electron chi connectivity index (χ3n) is 2.55. The topological polar surface area (TPSA) is 29.9 Å². The van der Waals surface area contributed by atoms with Gasteiger partial charge in [-0.3, -0.25) is 4.68 Å². The zero-order valence-corrected chi connectivity index (χ0v) is 11.1. The molecule has 1 heterocycles. The number of anilines is 1. The maximum absolute atomic E-state index is 6.11. The molecule has 0 bridgehead atoms. The van der Waals surface area contributed by atoms with Crippen LogP contribution in [0.3, 0.4) is 0 Å². The van der Waals surface area contributed by atoms with Gasteiger partial charge in [0.05, 0.1) is 28.0 Å². The minimum atomic E-state index is 0.125. The molecule has 0 radical (unpaired) electrons. The fourth-order valence-corrected chi connectivity index (χ4v) is 1.95. The molecule has 0 aliphatic rings. The molecule has 2 rings (SSSR count). The average Bonchev–Trinajstić information content (AvgIpc) is 2.72. The van der Waals surface area contributed by atoms with Crippen molar-refractivity contribution >= 4 is 28.9 Å². The van der Waals surface area contributed by atoms with Gasteiger partial charge < -0.3 is 5.32 Å². The van der Waals surface area contributed by atoms with Crippen molar-refractivity contribution in [1.82, 2.24) is 9.78 Å². The van der Waals surface area contributed by atoms with Crippen LogP contribution < -0.4 is 5.32 Å². The highest BCUT2D eigenvalue weighted by atomic mass is 35.5. The lowest BCUT2D eigenvalue weighted by Crippen LogP contribution is -2.06. The van der Waals surface area contributed by atoms with Crippen molar-refractivity contribution in [3.05, 3.63) is 46.2 Å². The predicted molar refractivity (Wildman–Crippen MR) is 71.7 cm³/mol. The van der Waals surface area contributed by atoms with Crippen LogP contribution in [0.5, 0.6) is 0 Å². The summed E-state index contributed by atoms with van der Waals surface area (Å²) in [5.41, 5.74) is 1.93. The summed E-state index contributed by atoms with van der Waals surface area (Å²) >= 11 is 12.1. The second-order valence-corrected chi connectivity index (χ2v) is 4.70. The van der Waals surface area contributed by atoms with Crippen LogP contribution in [0.2, 0.25) is 10.0 Å². The molecule has 3 nitrogen and oxygen atoms in total. The van der Waals surface area contributed by atoms with E-state index in [1.54, 1.807) is 10.7 Å². The van der Waals surface area contributed by atoms with E-state index < -0.39 is 0 Å².